The van der Waals surface area contributed by atoms with Gasteiger partial charge in [-0.3, -0.25) is 4.98 Å². The Bertz CT molecular complexity index is 565. The summed E-state index contributed by atoms with van der Waals surface area (Å²) in [5.74, 6) is 0.811. The fourth-order valence-corrected chi connectivity index (χ4v) is 2.52. The lowest BCUT2D eigenvalue weighted by Crippen LogP contribution is -2.28. The quantitative estimate of drug-likeness (QED) is 0.934. The third-order valence-electron chi connectivity index (χ3n) is 3.50. The van der Waals surface area contributed by atoms with Crippen molar-refractivity contribution in [2.45, 2.75) is 18.9 Å². The Morgan fingerprint density at radius 3 is 2.80 bits per heavy atom. The fraction of sp³-hybridized carbons (Fsp3) is 0.312. The predicted octanol–water partition coefficient (Wildman–Crippen LogP) is 3.53. The SMILES string of the molecule is Clc1ccc(-c2cncc(OCC3CCCN3)c2)cc1. The number of halogens is 1. The minimum Gasteiger partial charge on any atom is -0.490 e. The molecular weight excluding hydrogens is 272 g/mol. The van der Waals surface area contributed by atoms with E-state index in [4.69, 9.17) is 16.3 Å². The molecule has 0 spiro atoms. The van der Waals surface area contributed by atoms with Crippen molar-refractivity contribution in [3.63, 3.8) is 0 Å². The molecule has 1 aromatic carbocycles. The van der Waals surface area contributed by atoms with Gasteiger partial charge in [0, 0.05) is 22.8 Å². The molecule has 20 heavy (non-hydrogen) atoms. The number of aromatic nitrogens is 1. The molecule has 2 heterocycles. The van der Waals surface area contributed by atoms with E-state index in [9.17, 15) is 0 Å². The van der Waals surface area contributed by atoms with E-state index in [1.807, 2.05) is 36.5 Å². The lowest BCUT2D eigenvalue weighted by atomic mass is 10.1. The van der Waals surface area contributed by atoms with Crippen LogP contribution >= 0.6 is 11.6 Å². The first kappa shape index (κ1) is 13.4. The molecule has 3 rings (SSSR count). The van der Waals surface area contributed by atoms with Crippen LogP contribution in [0.3, 0.4) is 0 Å². The third-order valence-corrected chi connectivity index (χ3v) is 3.76. The van der Waals surface area contributed by atoms with Crippen LogP contribution in [0.2, 0.25) is 5.02 Å². The second-order valence-electron chi connectivity index (χ2n) is 5.02. The Balaban J connectivity index is 1.70. The van der Waals surface area contributed by atoms with Gasteiger partial charge in [-0.15, -0.1) is 0 Å². The first-order chi connectivity index (χ1) is 9.81. The van der Waals surface area contributed by atoms with Crippen molar-refractivity contribution in [2.24, 2.45) is 0 Å². The summed E-state index contributed by atoms with van der Waals surface area (Å²) in [5.41, 5.74) is 2.13. The molecule has 1 N–H and O–H groups in total. The molecule has 0 bridgehead atoms. The lowest BCUT2D eigenvalue weighted by molar-refractivity contribution is 0.276. The van der Waals surface area contributed by atoms with Crippen LogP contribution in [0.4, 0.5) is 0 Å². The fourth-order valence-electron chi connectivity index (χ4n) is 2.39. The second-order valence-corrected chi connectivity index (χ2v) is 5.46. The van der Waals surface area contributed by atoms with E-state index in [2.05, 4.69) is 10.3 Å². The number of nitrogens with one attached hydrogen (secondary N) is 1. The highest BCUT2D eigenvalue weighted by Crippen LogP contribution is 2.24. The van der Waals surface area contributed by atoms with Crippen molar-refractivity contribution in [1.29, 1.82) is 0 Å². The zero-order valence-corrected chi connectivity index (χ0v) is 11.9. The van der Waals surface area contributed by atoms with Crippen LogP contribution in [0, 0.1) is 0 Å². The molecule has 1 aliphatic rings. The van der Waals surface area contributed by atoms with Gasteiger partial charge in [-0.05, 0) is 43.1 Å². The summed E-state index contributed by atoms with van der Waals surface area (Å²) in [6, 6.07) is 10.2. The first-order valence-corrected chi connectivity index (χ1v) is 7.26. The number of rotatable bonds is 4. The van der Waals surface area contributed by atoms with Crippen molar-refractivity contribution in [1.82, 2.24) is 10.3 Å². The highest BCUT2D eigenvalue weighted by Gasteiger charge is 2.14. The van der Waals surface area contributed by atoms with E-state index < -0.39 is 0 Å². The van der Waals surface area contributed by atoms with E-state index in [-0.39, 0.29) is 0 Å². The maximum Gasteiger partial charge on any atom is 0.138 e. The average molecular weight is 289 g/mol. The molecule has 1 unspecified atom stereocenters. The van der Waals surface area contributed by atoms with Crippen LogP contribution in [0.1, 0.15) is 12.8 Å². The predicted molar refractivity (Wildman–Crippen MR) is 81.2 cm³/mol. The number of pyridine rings is 1. The maximum absolute atomic E-state index is 5.91. The Morgan fingerprint density at radius 1 is 1.20 bits per heavy atom. The minimum atomic E-state index is 0.467. The van der Waals surface area contributed by atoms with E-state index in [0.29, 0.717) is 12.6 Å². The van der Waals surface area contributed by atoms with Crippen molar-refractivity contribution >= 4 is 11.6 Å². The van der Waals surface area contributed by atoms with E-state index in [1.165, 1.54) is 12.8 Å². The summed E-state index contributed by atoms with van der Waals surface area (Å²) < 4.78 is 5.82. The number of hydrogen-bond acceptors (Lipinski definition) is 3. The van der Waals surface area contributed by atoms with Crippen molar-refractivity contribution in [2.75, 3.05) is 13.2 Å². The molecule has 3 nitrogen and oxygen atoms in total. The lowest BCUT2D eigenvalue weighted by Gasteiger charge is -2.12. The van der Waals surface area contributed by atoms with Gasteiger partial charge in [-0.1, -0.05) is 23.7 Å². The van der Waals surface area contributed by atoms with Gasteiger partial charge >= 0.3 is 0 Å². The van der Waals surface area contributed by atoms with Gasteiger partial charge < -0.3 is 10.1 Å². The molecule has 2 aromatic rings. The molecule has 0 aliphatic carbocycles. The smallest absolute Gasteiger partial charge is 0.138 e. The number of benzene rings is 1. The average Bonchev–Trinajstić information content (AvgIpc) is 3.00. The molecule has 1 fully saturated rings. The van der Waals surface area contributed by atoms with Crippen LogP contribution in [0.5, 0.6) is 5.75 Å². The highest BCUT2D eigenvalue weighted by atomic mass is 35.5. The van der Waals surface area contributed by atoms with Crippen LogP contribution < -0.4 is 10.1 Å². The van der Waals surface area contributed by atoms with Gasteiger partial charge in [0.1, 0.15) is 12.4 Å². The van der Waals surface area contributed by atoms with Crippen molar-refractivity contribution < 1.29 is 4.74 Å². The van der Waals surface area contributed by atoms with E-state index >= 15 is 0 Å². The van der Waals surface area contributed by atoms with E-state index in [1.54, 1.807) is 6.20 Å². The zero-order valence-electron chi connectivity index (χ0n) is 11.2. The summed E-state index contributed by atoms with van der Waals surface area (Å²) in [5, 5.41) is 4.16. The van der Waals surface area contributed by atoms with Crippen LogP contribution in [-0.4, -0.2) is 24.2 Å². The van der Waals surface area contributed by atoms with Gasteiger partial charge in [0.25, 0.3) is 0 Å². The largest absolute Gasteiger partial charge is 0.490 e. The zero-order chi connectivity index (χ0) is 13.8. The second kappa shape index (κ2) is 6.25. The Kier molecular flexibility index (Phi) is 4.19. The Hall–Kier alpha value is -1.58. The third kappa shape index (κ3) is 3.30. The van der Waals surface area contributed by atoms with Gasteiger partial charge in [0.05, 0.1) is 6.20 Å². The van der Waals surface area contributed by atoms with Gasteiger partial charge in [0.15, 0.2) is 0 Å². The molecule has 1 aliphatic heterocycles. The summed E-state index contributed by atoms with van der Waals surface area (Å²) in [4.78, 5) is 4.25. The first-order valence-electron chi connectivity index (χ1n) is 6.88. The van der Waals surface area contributed by atoms with Gasteiger partial charge in [-0.25, -0.2) is 0 Å². The van der Waals surface area contributed by atoms with Gasteiger partial charge in [-0.2, -0.15) is 0 Å². The summed E-state index contributed by atoms with van der Waals surface area (Å²) in [6.07, 6.45) is 6.01. The molecule has 4 heteroatoms. The highest BCUT2D eigenvalue weighted by molar-refractivity contribution is 6.30. The minimum absolute atomic E-state index is 0.467. The topological polar surface area (TPSA) is 34.1 Å². The Morgan fingerprint density at radius 2 is 2.05 bits per heavy atom. The maximum atomic E-state index is 5.91. The molecule has 1 atom stereocenters. The summed E-state index contributed by atoms with van der Waals surface area (Å²) in [6.45, 7) is 1.79. The monoisotopic (exact) mass is 288 g/mol. The van der Waals surface area contributed by atoms with Crippen LogP contribution in [-0.2, 0) is 0 Å². The van der Waals surface area contributed by atoms with Gasteiger partial charge in [0.2, 0.25) is 0 Å². The van der Waals surface area contributed by atoms with Crippen molar-refractivity contribution in [3.05, 3.63) is 47.7 Å². The molecule has 104 valence electrons. The molecule has 1 aromatic heterocycles. The van der Waals surface area contributed by atoms with Crippen LogP contribution in [0.15, 0.2) is 42.7 Å². The Labute approximate surface area is 123 Å². The van der Waals surface area contributed by atoms with E-state index in [0.717, 1.165) is 28.4 Å². The molecule has 0 radical (unpaired) electrons. The standard InChI is InChI=1S/C16H17ClN2O/c17-14-5-3-12(4-6-14)13-8-16(10-18-9-13)20-11-15-2-1-7-19-15/h3-6,8-10,15,19H,1-2,7,11H2. The number of nitrogens with zero attached hydrogens (tertiary/aromatic N) is 1. The summed E-state index contributed by atoms with van der Waals surface area (Å²) in [7, 11) is 0. The molecular formula is C16H17ClN2O. The normalized spacial score (nSPS) is 18.1. The van der Waals surface area contributed by atoms with Crippen molar-refractivity contribution in [3.8, 4) is 16.9 Å². The molecule has 0 amide bonds. The molecule has 0 saturated carbocycles. The number of ether oxygens (including phenoxy) is 1. The van der Waals surface area contributed by atoms with Crippen LogP contribution in [0.25, 0.3) is 11.1 Å². The summed E-state index contributed by atoms with van der Waals surface area (Å²) >= 11 is 5.91. The number of hydrogen-bond donors (Lipinski definition) is 1. The molecule has 1 saturated heterocycles.